The molecular weight excluding hydrogens is 285 g/mol. The Morgan fingerprint density at radius 2 is 1.75 bits per heavy atom. The van der Waals surface area contributed by atoms with Crippen LogP contribution in [-0.4, -0.2) is 11.5 Å². The first-order chi connectivity index (χ1) is 9.50. The molecule has 0 atom stereocenters. The number of hydrogen-bond donors (Lipinski definition) is 0. The second kappa shape index (κ2) is 6.13. The summed E-state index contributed by atoms with van der Waals surface area (Å²) >= 11 is 0.915. The lowest BCUT2D eigenvalue weighted by molar-refractivity contribution is 0.101. The molecule has 2 aromatic carbocycles. The molecule has 0 saturated heterocycles. The van der Waals surface area contributed by atoms with Gasteiger partial charge < -0.3 is 0 Å². The molecule has 0 bridgehead atoms. The highest BCUT2D eigenvalue weighted by atomic mass is 32.2. The van der Waals surface area contributed by atoms with Crippen LogP contribution in [0.1, 0.15) is 15.9 Å². The number of ketones is 1. The Hall–Kier alpha value is -1.75. The molecule has 20 heavy (non-hydrogen) atoms. The second-order valence-corrected chi connectivity index (χ2v) is 5.21. The lowest BCUT2D eigenvalue weighted by Gasteiger charge is -2.07. The van der Waals surface area contributed by atoms with Gasteiger partial charge in [0.05, 0.1) is 11.3 Å². The van der Waals surface area contributed by atoms with Crippen molar-refractivity contribution in [2.75, 3.05) is 5.75 Å². The molecule has 0 spiro atoms. The molecule has 0 saturated carbocycles. The van der Waals surface area contributed by atoms with Crippen LogP contribution in [0.25, 0.3) is 0 Å². The van der Waals surface area contributed by atoms with Gasteiger partial charge in [-0.05, 0) is 30.7 Å². The topological polar surface area (TPSA) is 17.1 Å². The summed E-state index contributed by atoms with van der Waals surface area (Å²) in [6.45, 7) is 1.45. The minimum Gasteiger partial charge on any atom is -0.293 e. The number of carbonyl (C=O) groups excluding carboxylic acids is 1. The number of rotatable bonds is 4. The lowest BCUT2D eigenvalue weighted by atomic mass is 10.1. The molecule has 5 heteroatoms. The molecular formula is C15H11F3OS. The zero-order valence-corrected chi connectivity index (χ0v) is 11.4. The summed E-state index contributed by atoms with van der Waals surface area (Å²) in [7, 11) is 0. The Bertz CT molecular complexity index is 656. The highest BCUT2D eigenvalue weighted by Gasteiger charge is 2.19. The van der Waals surface area contributed by atoms with Crippen LogP contribution in [0.5, 0.6) is 0 Å². The predicted molar refractivity (Wildman–Crippen MR) is 72.5 cm³/mol. The zero-order chi connectivity index (χ0) is 14.7. The van der Waals surface area contributed by atoms with Gasteiger partial charge in [-0.2, -0.15) is 0 Å². The van der Waals surface area contributed by atoms with E-state index in [-0.39, 0.29) is 16.2 Å². The van der Waals surface area contributed by atoms with Gasteiger partial charge in [-0.25, -0.2) is 13.2 Å². The number of halogens is 3. The molecule has 0 radical (unpaired) electrons. The summed E-state index contributed by atoms with van der Waals surface area (Å²) in [5, 5.41) is 0. The molecule has 0 aliphatic heterocycles. The number of benzene rings is 2. The Kier molecular flexibility index (Phi) is 4.49. The van der Waals surface area contributed by atoms with Gasteiger partial charge in [-0.3, -0.25) is 4.79 Å². The average molecular weight is 296 g/mol. The molecule has 2 aromatic rings. The van der Waals surface area contributed by atoms with E-state index in [9.17, 15) is 18.0 Å². The third-order valence-electron chi connectivity index (χ3n) is 2.76. The Morgan fingerprint density at radius 3 is 2.45 bits per heavy atom. The van der Waals surface area contributed by atoms with Gasteiger partial charge in [0, 0.05) is 4.90 Å². The van der Waals surface area contributed by atoms with Gasteiger partial charge in [0.1, 0.15) is 17.5 Å². The lowest BCUT2D eigenvalue weighted by Crippen LogP contribution is -2.10. The minimum atomic E-state index is -0.896. The molecule has 0 fully saturated rings. The van der Waals surface area contributed by atoms with E-state index < -0.39 is 28.8 Å². The van der Waals surface area contributed by atoms with Crippen LogP contribution in [-0.2, 0) is 0 Å². The van der Waals surface area contributed by atoms with Crippen LogP contribution in [0, 0.1) is 24.4 Å². The van der Waals surface area contributed by atoms with E-state index in [0.717, 1.165) is 17.8 Å². The third-order valence-corrected chi connectivity index (χ3v) is 3.81. The third kappa shape index (κ3) is 3.04. The Morgan fingerprint density at radius 1 is 1.05 bits per heavy atom. The molecule has 0 N–H and O–H groups in total. The van der Waals surface area contributed by atoms with Crippen molar-refractivity contribution in [1.29, 1.82) is 0 Å². The van der Waals surface area contributed by atoms with Gasteiger partial charge in [0.15, 0.2) is 5.78 Å². The molecule has 0 aliphatic rings. The standard InChI is InChI=1S/C15H11F3OS/c1-9-6-7-11(17)14(15(9)18)12(19)8-20-13-5-3-2-4-10(13)16/h2-7H,8H2,1H3. The number of Topliss-reactive ketones (excluding diaryl/α,β-unsaturated/α-hetero) is 1. The van der Waals surface area contributed by atoms with Crippen LogP contribution >= 0.6 is 11.8 Å². The van der Waals surface area contributed by atoms with Crippen LogP contribution < -0.4 is 0 Å². The summed E-state index contributed by atoms with van der Waals surface area (Å²) in [4.78, 5) is 12.2. The molecule has 0 aliphatic carbocycles. The summed E-state index contributed by atoms with van der Waals surface area (Å²) in [5.41, 5.74) is -0.362. The van der Waals surface area contributed by atoms with E-state index in [1.165, 1.54) is 31.2 Å². The van der Waals surface area contributed by atoms with Crippen molar-refractivity contribution >= 4 is 17.5 Å². The summed E-state index contributed by atoms with van der Waals surface area (Å²) in [6.07, 6.45) is 0. The van der Waals surface area contributed by atoms with Gasteiger partial charge in [-0.15, -0.1) is 11.8 Å². The number of aryl methyl sites for hydroxylation is 1. The van der Waals surface area contributed by atoms with Crippen LogP contribution in [0.2, 0.25) is 0 Å². The molecule has 0 unspecified atom stereocenters. The number of carbonyl (C=O) groups is 1. The summed E-state index contributed by atoms with van der Waals surface area (Å²) < 4.78 is 40.7. The maximum atomic E-state index is 13.8. The molecule has 104 valence electrons. The van der Waals surface area contributed by atoms with E-state index in [4.69, 9.17) is 0 Å². The van der Waals surface area contributed by atoms with E-state index >= 15 is 0 Å². The van der Waals surface area contributed by atoms with Gasteiger partial charge in [0.2, 0.25) is 0 Å². The van der Waals surface area contributed by atoms with Crippen molar-refractivity contribution < 1.29 is 18.0 Å². The molecule has 2 rings (SSSR count). The molecule has 0 heterocycles. The van der Waals surface area contributed by atoms with Crippen LogP contribution in [0.15, 0.2) is 41.3 Å². The first-order valence-electron chi connectivity index (χ1n) is 5.86. The summed E-state index contributed by atoms with van der Waals surface area (Å²) in [5.74, 6) is -3.14. The fourth-order valence-electron chi connectivity index (χ4n) is 1.69. The van der Waals surface area contributed by atoms with Crippen molar-refractivity contribution in [1.82, 2.24) is 0 Å². The highest BCUT2D eigenvalue weighted by molar-refractivity contribution is 8.00. The van der Waals surface area contributed by atoms with Crippen molar-refractivity contribution in [3.8, 4) is 0 Å². The quantitative estimate of drug-likeness (QED) is 0.615. The SMILES string of the molecule is Cc1ccc(F)c(C(=O)CSc2ccccc2F)c1F. The Balaban J connectivity index is 2.18. The highest BCUT2D eigenvalue weighted by Crippen LogP contribution is 2.24. The van der Waals surface area contributed by atoms with Gasteiger partial charge >= 0.3 is 0 Å². The van der Waals surface area contributed by atoms with Gasteiger partial charge in [0.25, 0.3) is 0 Å². The first-order valence-corrected chi connectivity index (χ1v) is 6.84. The number of thioether (sulfide) groups is 1. The Labute approximate surface area is 118 Å². The zero-order valence-electron chi connectivity index (χ0n) is 10.6. The molecule has 1 nitrogen and oxygen atoms in total. The fourth-order valence-corrected chi connectivity index (χ4v) is 2.50. The van der Waals surface area contributed by atoms with Crippen molar-refractivity contribution in [3.63, 3.8) is 0 Å². The first kappa shape index (κ1) is 14.7. The summed E-state index contributed by atoms with van der Waals surface area (Å²) in [6, 6.07) is 8.26. The maximum Gasteiger partial charge on any atom is 0.179 e. The molecule has 0 aromatic heterocycles. The van der Waals surface area contributed by atoms with Gasteiger partial charge in [-0.1, -0.05) is 18.2 Å². The van der Waals surface area contributed by atoms with E-state index in [1.807, 2.05) is 0 Å². The second-order valence-electron chi connectivity index (χ2n) is 4.20. The monoisotopic (exact) mass is 296 g/mol. The normalized spacial score (nSPS) is 10.6. The largest absolute Gasteiger partial charge is 0.293 e. The number of hydrogen-bond acceptors (Lipinski definition) is 2. The van der Waals surface area contributed by atoms with E-state index in [0.29, 0.717) is 0 Å². The smallest absolute Gasteiger partial charge is 0.179 e. The van der Waals surface area contributed by atoms with Crippen molar-refractivity contribution in [3.05, 3.63) is 65.0 Å². The van der Waals surface area contributed by atoms with Crippen LogP contribution in [0.4, 0.5) is 13.2 Å². The van der Waals surface area contributed by atoms with E-state index in [1.54, 1.807) is 6.07 Å². The maximum absolute atomic E-state index is 13.8. The van der Waals surface area contributed by atoms with Crippen molar-refractivity contribution in [2.24, 2.45) is 0 Å². The average Bonchev–Trinajstić information content (AvgIpc) is 2.42. The fraction of sp³-hybridized carbons (Fsp3) is 0.133. The van der Waals surface area contributed by atoms with E-state index in [2.05, 4.69) is 0 Å². The van der Waals surface area contributed by atoms with Crippen LogP contribution in [0.3, 0.4) is 0 Å². The minimum absolute atomic E-state index is 0.200. The molecule has 0 amide bonds. The van der Waals surface area contributed by atoms with Crippen molar-refractivity contribution in [2.45, 2.75) is 11.8 Å². The predicted octanol–water partition coefficient (Wildman–Crippen LogP) is 4.39.